The molecule has 0 spiro atoms. The van der Waals surface area contributed by atoms with Gasteiger partial charge in [0.2, 0.25) is 0 Å². The summed E-state index contributed by atoms with van der Waals surface area (Å²) < 4.78 is 0. The van der Waals surface area contributed by atoms with Crippen molar-refractivity contribution in [3.63, 3.8) is 0 Å². The van der Waals surface area contributed by atoms with Gasteiger partial charge in [-0.1, -0.05) is 24.3 Å². The summed E-state index contributed by atoms with van der Waals surface area (Å²) >= 11 is 0. The van der Waals surface area contributed by atoms with E-state index in [1.54, 1.807) is 0 Å². The van der Waals surface area contributed by atoms with Gasteiger partial charge in [-0.25, -0.2) is 0 Å². The molecule has 0 radical (unpaired) electrons. The van der Waals surface area contributed by atoms with Crippen LogP contribution in [0, 0.1) is 13.8 Å². The Morgan fingerprint density at radius 2 is 1.81 bits per heavy atom. The molecule has 1 unspecified atom stereocenters. The SMILES string of the molecule is CNC(c1cnc2ccccc2c1)c1ncc(C)cc1C. The van der Waals surface area contributed by atoms with Crippen LogP contribution in [0.3, 0.4) is 0 Å². The number of rotatable bonds is 3. The van der Waals surface area contributed by atoms with Crippen molar-refractivity contribution in [3.05, 3.63) is 71.2 Å². The van der Waals surface area contributed by atoms with Crippen molar-refractivity contribution in [3.8, 4) is 0 Å². The molecular formula is C18H19N3. The zero-order chi connectivity index (χ0) is 14.8. The largest absolute Gasteiger partial charge is 0.308 e. The fourth-order valence-corrected chi connectivity index (χ4v) is 2.74. The molecule has 21 heavy (non-hydrogen) atoms. The molecule has 1 aromatic carbocycles. The van der Waals surface area contributed by atoms with E-state index in [9.17, 15) is 0 Å². The van der Waals surface area contributed by atoms with Crippen molar-refractivity contribution in [1.82, 2.24) is 15.3 Å². The van der Waals surface area contributed by atoms with Gasteiger partial charge in [-0.2, -0.15) is 0 Å². The number of aryl methyl sites for hydroxylation is 2. The first kappa shape index (κ1) is 13.7. The van der Waals surface area contributed by atoms with Gasteiger partial charge in [-0.3, -0.25) is 9.97 Å². The zero-order valence-corrected chi connectivity index (χ0v) is 12.6. The van der Waals surface area contributed by atoms with Crippen LogP contribution in [0.25, 0.3) is 10.9 Å². The number of pyridine rings is 2. The molecule has 2 aromatic heterocycles. The highest BCUT2D eigenvalue weighted by atomic mass is 14.9. The Morgan fingerprint density at radius 3 is 2.57 bits per heavy atom. The second kappa shape index (κ2) is 5.62. The highest BCUT2D eigenvalue weighted by molar-refractivity contribution is 5.78. The Kier molecular flexibility index (Phi) is 3.67. The maximum atomic E-state index is 4.62. The van der Waals surface area contributed by atoms with Crippen LogP contribution >= 0.6 is 0 Å². The summed E-state index contributed by atoms with van der Waals surface area (Å²) in [4.78, 5) is 9.17. The molecule has 0 fully saturated rings. The van der Waals surface area contributed by atoms with Crippen molar-refractivity contribution in [2.45, 2.75) is 19.9 Å². The number of nitrogens with zero attached hydrogens (tertiary/aromatic N) is 2. The number of para-hydroxylation sites is 1. The molecule has 3 aromatic rings. The van der Waals surface area contributed by atoms with Crippen molar-refractivity contribution in [2.75, 3.05) is 7.05 Å². The van der Waals surface area contributed by atoms with E-state index >= 15 is 0 Å². The highest BCUT2D eigenvalue weighted by Gasteiger charge is 2.16. The van der Waals surface area contributed by atoms with Crippen LogP contribution in [0.5, 0.6) is 0 Å². The van der Waals surface area contributed by atoms with E-state index in [2.05, 4.69) is 47.3 Å². The Balaban J connectivity index is 2.09. The number of fused-ring (bicyclic) bond motifs is 1. The lowest BCUT2D eigenvalue weighted by atomic mass is 9.99. The molecule has 1 atom stereocenters. The van der Waals surface area contributed by atoms with Crippen LogP contribution < -0.4 is 5.32 Å². The average Bonchev–Trinajstić information content (AvgIpc) is 2.50. The smallest absolute Gasteiger partial charge is 0.0766 e. The fourth-order valence-electron chi connectivity index (χ4n) is 2.74. The Bertz CT molecular complexity index is 780. The predicted octanol–water partition coefficient (Wildman–Crippen LogP) is 3.56. The summed E-state index contributed by atoms with van der Waals surface area (Å²) in [6.07, 6.45) is 3.85. The molecule has 0 aliphatic rings. The maximum Gasteiger partial charge on any atom is 0.0766 e. The van der Waals surface area contributed by atoms with Gasteiger partial charge in [-0.05, 0) is 49.7 Å². The molecule has 2 heterocycles. The molecule has 0 bridgehead atoms. The minimum atomic E-state index is 0.0581. The van der Waals surface area contributed by atoms with Gasteiger partial charge in [0.05, 0.1) is 17.3 Å². The van der Waals surface area contributed by atoms with Crippen LogP contribution in [-0.2, 0) is 0 Å². The van der Waals surface area contributed by atoms with Crippen molar-refractivity contribution in [1.29, 1.82) is 0 Å². The lowest BCUT2D eigenvalue weighted by Gasteiger charge is -2.18. The maximum absolute atomic E-state index is 4.62. The van der Waals surface area contributed by atoms with Crippen LogP contribution in [0.15, 0.2) is 48.8 Å². The van der Waals surface area contributed by atoms with Gasteiger partial charge >= 0.3 is 0 Å². The fraction of sp³-hybridized carbons (Fsp3) is 0.222. The van der Waals surface area contributed by atoms with Gasteiger partial charge in [-0.15, -0.1) is 0 Å². The van der Waals surface area contributed by atoms with Gasteiger partial charge < -0.3 is 5.32 Å². The van der Waals surface area contributed by atoms with E-state index in [4.69, 9.17) is 0 Å². The lowest BCUT2D eigenvalue weighted by molar-refractivity contribution is 0.664. The molecule has 3 heteroatoms. The summed E-state index contributed by atoms with van der Waals surface area (Å²) in [7, 11) is 1.96. The summed E-state index contributed by atoms with van der Waals surface area (Å²) in [5.74, 6) is 0. The first-order valence-corrected chi connectivity index (χ1v) is 7.14. The molecule has 1 N–H and O–H groups in total. The van der Waals surface area contributed by atoms with Crippen molar-refractivity contribution < 1.29 is 0 Å². The number of aromatic nitrogens is 2. The molecule has 106 valence electrons. The molecular weight excluding hydrogens is 258 g/mol. The van der Waals surface area contributed by atoms with Gasteiger partial charge in [0, 0.05) is 17.8 Å². The highest BCUT2D eigenvalue weighted by Crippen LogP contribution is 2.25. The summed E-state index contributed by atoms with van der Waals surface area (Å²) in [5.41, 5.74) is 5.59. The quantitative estimate of drug-likeness (QED) is 0.795. The molecule has 0 aliphatic heterocycles. The molecule has 0 aliphatic carbocycles. The monoisotopic (exact) mass is 277 g/mol. The minimum absolute atomic E-state index is 0.0581. The van der Waals surface area contributed by atoms with Gasteiger partial charge in [0.15, 0.2) is 0 Å². The van der Waals surface area contributed by atoms with Crippen LogP contribution in [0.4, 0.5) is 0 Å². The molecule has 3 rings (SSSR count). The van der Waals surface area contributed by atoms with Crippen LogP contribution in [-0.4, -0.2) is 17.0 Å². The second-order valence-electron chi connectivity index (χ2n) is 5.40. The third-order valence-electron chi connectivity index (χ3n) is 3.76. The van der Waals surface area contributed by atoms with Crippen LogP contribution in [0.1, 0.15) is 28.4 Å². The summed E-state index contributed by atoms with van der Waals surface area (Å²) in [5, 5.41) is 4.51. The lowest BCUT2D eigenvalue weighted by Crippen LogP contribution is -2.20. The Labute approximate surface area is 125 Å². The molecule has 0 saturated heterocycles. The third-order valence-corrected chi connectivity index (χ3v) is 3.76. The first-order valence-electron chi connectivity index (χ1n) is 7.14. The molecule has 0 saturated carbocycles. The minimum Gasteiger partial charge on any atom is -0.308 e. The van der Waals surface area contributed by atoms with Crippen molar-refractivity contribution in [2.24, 2.45) is 0 Å². The van der Waals surface area contributed by atoms with Crippen LogP contribution in [0.2, 0.25) is 0 Å². The standard InChI is InChI=1S/C18H19N3/c1-12-8-13(2)17(21-10-12)18(19-3)15-9-14-6-4-5-7-16(14)20-11-15/h4-11,18-19H,1-3H3. The third kappa shape index (κ3) is 2.65. The van der Waals surface area contributed by atoms with E-state index < -0.39 is 0 Å². The Hall–Kier alpha value is -2.26. The number of hydrogen-bond donors (Lipinski definition) is 1. The van der Waals surface area contributed by atoms with Crippen molar-refractivity contribution >= 4 is 10.9 Å². The van der Waals surface area contributed by atoms with Gasteiger partial charge in [0.25, 0.3) is 0 Å². The zero-order valence-electron chi connectivity index (χ0n) is 12.6. The summed E-state index contributed by atoms with van der Waals surface area (Å²) in [6.45, 7) is 4.17. The Morgan fingerprint density at radius 1 is 1.00 bits per heavy atom. The normalized spacial score (nSPS) is 12.5. The first-order chi connectivity index (χ1) is 10.2. The predicted molar refractivity (Wildman–Crippen MR) is 86.4 cm³/mol. The number of benzene rings is 1. The van der Waals surface area contributed by atoms with E-state index in [0.717, 1.165) is 22.2 Å². The topological polar surface area (TPSA) is 37.8 Å². The second-order valence-corrected chi connectivity index (χ2v) is 5.40. The number of hydrogen-bond acceptors (Lipinski definition) is 3. The summed E-state index contributed by atoms with van der Waals surface area (Å²) in [6, 6.07) is 12.6. The van der Waals surface area contributed by atoms with Gasteiger partial charge in [0.1, 0.15) is 0 Å². The van der Waals surface area contributed by atoms with E-state index in [1.165, 1.54) is 11.1 Å². The molecule has 3 nitrogen and oxygen atoms in total. The number of nitrogens with one attached hydrogen (secondary N) is 1. The van der Waals surface area contributed by atoms with E-state index in [1.807, 2.05) is 37.6 Å². The van der Waals surface area contributed by atoms with E-state index in [-0.39, 0.29) is 6.04 Å². The molecule has 0 amide bonds. The average molecular weight is 277 g/mol. The van der Waals surface area contributed by atoms with E-state index in [0.29, 0.717) is 0 Å².